The number of aryl methyl sites for hydroxylation is 1. The van der Waals surface area contributed by atoms with Gasteiger partial charge in [-0.2, -0.15) is 4.98 Å². The molecular formula is C24H37F2N5O3. The number of nitrogens with zero attached hydrogens (tertiary/aromatic N) is 4. The second-order valence-electron chi connectivity index (χ2n) is 11.0. The molecule has 0 bridgehead atoms. The average Bonchev–Trinajstić information content (AvgIpc) is 3.53. The SMILES string of the molecule is Cc1nc(C2C[C@@H]3CN(C(=O)N[C@@H]4[C@@H](O[C@H]5CCN(C(C)C)C5)CCCC4(F)F)C[C@@H]3C2)no1. The first-order valence-corrected chi connectivity index (χ1v) is 12.8. The maximum absolute atomic E-state index is 15.0. The van der Waals surface area contributed by atoms with Gasteiger partial charge in [0.1, 0.15) is 6.04 Å². The number of alkyl halides is 2. The lowest BCUT2D eigenvalue weighted by Crippen LogP contribution is -2.60. The molecule has 4 aliphatic rings. The molecule has 190 valence electrons. The third-order valence-electron chi connectivity index (χ3n) is 8.33. The molecule has 2 saturated heterocycles. The highest BCUT2D eigenvalue weighted by molar-refractivity contribution is 5.75. The standard InChI is InChI=1S/C24H37F2N5O3/c1-14(2)30-8-6-19(13-30)33-20-5-4-7-24(25,26)21(20)28-23(32)31-11-17-9-16(10-18(17)12-31)22-27-15(3)34-29-22/h14,16-21H,4-13H2,1-3H3,(H,28,32)/t16?,17-,18+,19-,20-,21+/m0/s1. The Morgan fingerprint density at radius 3 is 2.56 bits per heavy atom. The van der Waals surface area contributed by atoms with Crippen molar-refractivity contribution in [3.63, 3.8) is 0 Å². The van der Waals surface area contributed by atoms with E-state index in [0.717, 1.165) is 38.2 Å². The third kappa shape index (κ3) is 4.80. The zero-order chi connectivity index (χ0) is 24.0. The van der Waals surface area contributed by atoms with Gasteiger partial charge in [0.15, 0.2) is 5.82 Å². The van der Waals surface area contributed by atoms with Crippen LogP contribution < -0.4 is 5.32 Å². The van der Waals surface area contributed by atoms with Gasteiger partial charge in [-0.25, -0.2) is 13.6 Å². The first-order chi connectivity index (χ1) is 16.2. The maximum Gasteiger partial charge on any atom is 0.317 e. The molecule has 0 radical (unpaired) electrons. The largest absolute Gasteiger partial charge is 0.371 e. The van der Waals surface area contributed by atoms with E-state index in [9.17, 15) is 13.6 Å². The molecule has 1 unspecified atom stereocenters. The molecule has 34 heavy (non-hydrogen) atoms. The van der Waals surface area contributed by atoms with Crippen LogP contribution in [-0.2, 0) is 4.74 Å². The van der Waals surface area contributed by atoms with E-state index < -0.39 is 24.1 Å². The molecule has 0 aromatic carbocycles. The molecule has 4 fully saturated rings. The molecule has 3 heterocycles. The Bertz CT molecular complexity index is 867. The van der Waals surface area contributed by atoms with Crippen LogP contribution in [0.3, 0.4) is 0 Å². The summed E-state index contributed by atoms with van der Waals surface area (Å²) in [6.07, 6.45) is 2.68. The Balaban J connectivity index is 1.18. The third-order valence-corrected chi connectivity index (χ3v) is 8.33. The molecule has 8 nitrogen and oxygen atoms in total. The van der Waals surface area contributed by atoms with E-state index in [1.165, 1.54) is 0 Å². The Morgan fingerprint density at radius 2 is 1.94 bits per heavy atom. The summed E-state index contributed by atoms with van der Waals surface area (Å²) in [4.78, 5) is 21.5. The highest BCUT2D eigenvalue weighted by atomic mass is 19.3. The molecule has 0 spiro atoms. The maximum atomic E-state index is 15.0. The number of carbonyl (C=O) groups is 1. The van der Waals surface area contributed by atoms with Crippen molar-refractivity contribution < 1.29 is 22.8 Å². The van der Waals surface area contributed by atoms with E-state index in [4.69, 9.17) is 9.26 Å². The van der Waals surface area contributed by atoms with Crippen molar-refractivity contribution in [2.24, 2.45) is 11.8 Å². The minimum absolute atomic E-state index is 0.0578. The molecule has 2 amide bonds. The normalized spacial score (nSPS) is 35.8. The first kappa shape index (κ1) is 23.9. The minimum atomic E-state index is -2.97. The lowest BCUT2D eigenvalue weighted by molar-refractivity contribution is -0.138. The topological polar surface area (TPSA) is 83.7 Å². The summed E-state index contributed by atoms with van der Waals surface area (Å²) in [7, 11) is 0. The zero-order valence-corrected chi connectivity index (χ0v) is 20.4. The minimum Gasteiger partial charge on any atom is -0.371 e. The molecule has 1 aromatic heterocycles. The number of fused-ring (bicyclic) bond motifs is 1. The smallest absolute Gasteiger partial charge is 0.317 e. The quantitative estimate of drug-likeness (QED) is 0.692. The number of amides is 2. The fraction of sp³-hybridized carbons (Fsp3) is 0.875. The van der Waals surface area contributed by atoms with Crippen LogP contribution in [0.15, 0.2) is 4.52 Å². The number of carbonyl (C=O) groups excluding carboxylic acids is 1. The number of hydrogen-bond acceptors (Lipinski definition) is 6. The molecule has 2 saturated carbocycles. The summed E-state index contributed by atoms with van der Waals surface area (Å²) in [5, 5.41) is 6.76. The number of rotatable bonds is 5. The molecule has 5 rings (SSSR count). The molecule has 1 N–H and O–H groups in total. The second kappa shape index (κ2) is 9.33. The van der Waals surface area contributed by atoms with Gasteiger partial charge in [0, 0.05) is 51.5 Å². The predicted molar refractivity (Wildman–Crippen MR) is 121 cm³/mol. The fourth-order valence-corrected chi connectivity index (χ4v) is 6.44. The Kier molecular flexibility index (Phi) is 6.56. The molecular weight excluding hydrogens is 444 g/mol. The summed E-state index contributed by atoms with van der Waals surface area (Å²) < 4.78 is 41.3. The van der Waals surface area contributed by atoms with Crippen molar-refractivity contribution in [2.75, 3.05) is 26.2 Å². The van der Waals surface area contributed by atoms with Crippen LogP contribution in [0.4, 0.5) is 13.6 Å². The van der Waals surface area contributed by atoms with E-state index in [-0.39, 0.29) is 18.4 Å². The summed E-state index contributed by atoms with van der Waals surface area (Å²) in [6.45, 7) is 8.90. The molecule has 1 aromatic rings. The fourth-order valence-electron chi connectivity index (χ4n) is 6.44. The highest BCUT2D eigenvalue weighted by Gasteiger charge is 2.51. The van der Waals surface area contributed by atoms with E-state index in [1.807, 2.05) is 0 Å². The number of halogens is 2. The van der Waals surface area contributed by atoms with Crippen LogP contribution in [0.2, 0.25) is 0 Å². The van der Waals surface area contributed by atoms with Crippen LogP contribution in [0, 0.1) is 18.8 Å². The van der Waals surface area contributed by atoms with E-state index >= 15 is 0 Å². The van der Waals surface area contributed by atoms with Crippen molar-refractivity contribution in [3.8, 4) is 0 Å². The molecule has 6 atom stereocenters. The van der Waals surface area contributed by atoms with Gasteiger partial charge in [-0.1, -0.05) is 5.16 Å². The van der Waals surface area contributed by atoms with Crippen LogP contribution >= 0.6 is 0 Å². The molecule has 2 aliphatic heterocycles. The number of ether oxygens (including phenoxy) is 1. The van der Waals surface area contributed by atoms with Gasteiger partial charge < -0.3 is 19.5 Å². The van der Waals surface area contributed by atoms with Crippen LogP contribution in [-0.4, -0.2) is 82.4 Å². The summed E-state index contributed by atoms with van der Waals surface area (Å²) in [5.41, 5.74) is 0. The van der Waals surface area contributed by atoms with Crippen molar-refractivity contribution >= 4 is 6.03 Å². The molecule has 10 heteroatoms. The van der Waals surface area contributed by atoms with Gasteiger partial charge in [-0.05, 0) is 57.8 Å². The van der Waals surface area contributed by atoms with Gasteiger partial charge in [-0.3, -0.25) is 4.90 Å². The lowest BCUT2D eigenvalue weighted by Gasteiger charge is -2.40. The van der Waals surface area contributed by atoms with Crippen LogP contribution in [0.1, 0.15) is 70.0 Å². The van der Waals surface area contributed by atoms with Crippen molar-refractivity contribution in [1.82, 2.24) is 25.3 Å². The van der Waals surface area contributed by atoms with Crippen molar-refractivity contribution in [1.29, 1.82) is 0 Å². The monoisotopic (exact) mass is 481 g/mol. The number of likely N-dealkylation sites (tertiary alicyclic amines) is 2. The average molecular weight is 482 g/mol. The van der Waals surface area contributed by atoms with Crippen LogP contribution in [0.5, 0.6) is 0 Å². The Labute approximate surface area is 199 Å². The van der Waals surface area contributed by atoms with Gasteiger partial charge >= 0.3 is 6.03 Å². The van der Waals surface area contributed by atoms with Gasteiger partial charge in [0.25, 0.3) is 5.92 Å². The van der Waals surface area contributed by atoms with Gasteiger partial charge in [0.2, 0.25) is 5.89 Å². The van der Waals surface area contributed by atoms with E-state index in [1.54, 1.807) is 11.8 Å². The zero-order valence-electron chi connectivity index (χ0n) is 20.4. The molecule has 2 aliphatic carbocycles. The van der Waals surface area contributed by atoms with Crippen molar-refractivity contribution in [2.45, 2.75) is 95.4 Å². The van der Waals surface area contributed by atoms with E-state index in [0.29, 0.717) is 49.7 Å². The van der Waals surface area contributed by atoms with Crippen LogP contribution in [0.25, 0.3) is 0 Å². The Morgan fingerprint density at radius 1 is 1.21 bits per heavy atom. The number of urea groups is 1. The van der Waals surface area contributed by atoms with Gasteiger partial charge in [-0.15, -0.1) is 0 Å². The number of nitrogens with one attached hydrogen (secondary N) is 1. The first-order valence-electron chi connectivity index (χ1n) is 12.8. The number of hydrogen-bond donors (Lipinski definition) is 1. The summed E-state index contributed by atoms with van der Waals surface area (Å²) in [6, 6.07) is -1.26. The Hall–Kier alpha value is -1.81. The highest BCUT2D eigenvalue weighted by Crippen LogP contribution is 2.45. The van der Waals surface area contributed by atoms with E-state index in [2.05, 4.69) is 34.2 Å². The summed E-state index contributed by atoms with van der Waals surface area (Å²) >= 11 is 0. The van der Waals surface area contributed by atoms with Crippen molar-refractivity contribution in [3.05, 3.63) is 11.7 Å². The number of aromatic nitrogens is 2. The van der Waals surface area contributed by atoms with Gasteiger partial charge in [0.05, 0.1) is 12.2 Å². The summed E-state index contributed by atoms with van der Waals surface area (Å²) in [5.74, 6) is -0.732. The lowest BCUT2D eigenvalue weighted by atomic mass is 9.88. The second-order valence-corrected chi connectivity index (χ2v) is 11.0. The predicted octanol–water partition coefficient (Wildman–Crippen LogP) is 3.57.